The van der Waals surface area contributed by atoms with Crippen LogP contribution in [0.4, 0.5) is 4.39 Å². The lowest BCUT2D eigenvalue weighted by atomic mass is 10.1. The lowest BCUT2D eigenvalue weighted by Crippen LogP contribution is -2.21. The van der Waals surface area contributed by atoms with Gasteiger partial charge in [-0.15, -0.1) is 0 Å². The average Bonchev–Trinajstić information content (AvgIpc) is 3.09. The van der Waals surface area contributed by atoms with Crippen molar-refractivity contribution in [2.45, 2.75) is 13.5 Å². The van der Waals surface area contributed by atoms with Crippen LogP contribution in [0.3, 0.4) is 0 Å². The monoisotopic (exact) mass is 459 g/mol. The van der Waals surface area contributed by atoms with Crippen molar-refractivity contribution < 1.29 is 23.4 Å². The van der Waals surface area contributed by atoms with Gasteiger partial charge in [-0.05, 0) is 37.3 Å². The zero-order valence-corrected chi connectivity index (χ0v) is 18.9. The first-order valence-corrected chi connectivity index (χ1v) is 10.0. The van der Waals surface area contributed by atoms with E-state index in [1.807, 2.05) is 0 Å². The van der Waals surface area contributed by atoms with E-state index in [0.717, 1.165) is 0 Å². The summed E-state index contributed by atoms with van der Waals surface area (Å²) in [5.41, 5.74) is 2.51. The van der Waals surface area contributed by atoms with Crippen molar-refractivity contribution in [3.63, 3.8) is 0 Å². The molecule has 0 unspecified atom stereocenters. The van der Waals surface area contributed by atoms with Crippen LogP contribution in [0, 0.1) is 12.7 Å². The third kappa shape index (κ3) is 5.03. The molecule has 0 radical (unpaired) electrons. The number of ether oxygens (including phenoxy) is 3. The first-order valence-electron chi connectivity index (χ1n) is 9.63. The molecule has 1 amide bonds. The SMILES string of the molecule is COc1cc(OC)c(CNC(=O)/C=C/c2c(C)nn(-c3ccc(F)cc3)c2Cl)c(OC)c1. The summed E-state index contributed by atoms with van der Waals surface area (Å²) in [6.45, 7) is 1.96. The van der Waals surface area contributed by atoms with Crippen molar-refractivity contribution in [1.29, 1.82) is 0 Å². The number of methoxy groups -OCH3 is 3. The Labute approximate surface area is 190 Å². The second-order valence-electron chi connectivity index (χ2n) is 6.74. The number of amides is 1. The summed E-state index contributed by atoms with van der Waals surface area (Å²) >= 11 is 6.45. The molecule has 0 aliphatic carbocycles. The Bertz CT molecular complexity index is 1120. The number of hydrogen-bond acceptors (Lipinski definition) is 5. The van der Waals surface area contributed by atoms with Crippen LogP contribution in [0.15, 0.2) is 42.5 Å². The van der Waals surface area contributed by atoms with Crippen molar-refractivity contribution in [3.05, 3.63) is 70.3 Å². The fraction of sp³-hybridized carbons (Fsp3) is 0.217. The zero-order valence-electron chi connectivity index (χ0n) is 18.1. The fourth-order valence-electron chi connectivity index (χ4n) is 3.10. The van der Waals surface area contributed by atoms with E-state index < -0.39 is 0 Å². The molecule has 0 spiro atoms. The van der Waals surface area contributed by atoms with E-state index in [2.05, 4.69) is 10.4 Å². The number of rotatable bonds is 8. The van der Waals surface area contributed by atoms with Crippen LogP contribution in [-0.2, 0) is 11.3 Å². The standard InChI is InChI=1S/C23H23ClFN3O4/c1-14-18(23(24)28(27-14)16-7-5-15(25)6-8-16)9-10-22(29)26-13-19-20(31-3)11-17(30-2)12-21(19)32-4/h5-12H,13H2,1-4H3,(H,26,29)/b10-9+. The first kappa shape index (κ1) is 23.1. The van der Waals surface area contributed by atoms with Crippen LogP contribution in [0.2, 0.25) is 5.15 Å². The maximum Gasteiger partial charge on any atom is 0.244 e. The topological polar surface area (TPSA) is 74.6 Å². The average molecular weight is 460 g/mol. The highest BCUT2D eigenvalue weighted by molar-refractivity contribution is 6.31. The third-order valence-corrected chi connectivity index (χ3v) is 5.14. The number of halogens is 2. The van der Waals surface area contributed by atoms with Gasteiger partial charge in [0.15, 0.2) is 0 Å². The number of hydrogen-bond donors (Lipinski definition) is 1. The van der Waals surface area contributed by atoms with E-state index in [1.165, 1.54) is 37.1 Å². The Morgan fingerprint density at radius 1 is 1.12 bits per heavy atom. The second-order valence-corrected chi connectivity index (χ2v) is 7.10. The van der Waals surface area contributed by atoms with Crippen molar-refractivity contribution in [3.8, 4) is 22.9 Å². The molecule has 1 aromatic heterocycles. The summed E-state index contributed by atoms with van der Waals surface area (Å²) in [5, 5.41) is 7.50. The maximum atomic E-state index is 13.2. The summed E-state index contributed by atoms with van der Waals surface area (Å²) < 4.78 is 30.7. The van der Waals surface area contributed by atoms with Gasteiger partial charge in [0.2, 0.25) is 5.91 Å². The Kier molecular flexibility index (Phi) is 7.37. The van der Waals surface area contributed by atoms with Crippen LogP contribution in [0.1, 0.15) is 16.8 Å². The number of carbonyl (C=O) groups excluding carboxylic acids is 1. The lowest BCUT2D eigenvalue weighted by molar-refractivity contribution is -0.116. The summed E-state index contributed by atoms with van der Waals surface area (Å²) in [4.78, 5) is 12.4. The molecule has 0 aliphatic heterocycles. The van der Waals surface area contributed by atoms with Gasteiger partial charge in [-0.2, -0.15) is 5.10 Å². The minimum atomic E-state index is -0.351. The smallest absolute Gasteiger partial charge is 0.244 e. The van der Waals surface area contributed by atoms with Gasteiger partial charge in [0.25, 0.3) is 0 Å². The molecule has 7 nitrogen and oxygen atoms in total. The number of aromatic nitrogens is 2. The van der Waals surface area contributed by atoms with Gasteiger partial charge in [0.1, 0.15) is 28.2 Å². The number of carbonyl (C=O) groups is 1. The molecule has 9 heteroatoms. The molecule has 32 heavy (non-hydrogen) atoms. The van der Waals surface area contributed by atoms with E-state index in [-0.39, 0.29) is 18.3 Å². The number of nitrogens with one attached hydrogen (secondary N) is 1. The molecule has 0 atom stereocenters. The molecule has 0 bridgehead atoms. The summed E-state index contributed by atoms with van der Waals surface area (Å²) in [6, 6.07) is 9.23. The molecule has 0 aliphatic rings. The van der Waals surface area contributed by atoms with E-state index in [0.29, 0.717) is 44.9 Å². The normalized spacial score (nSPS) is 10.9. The summed E-state index contributed by atoms with van der Waals surface area (Å²) in [7, 11) is 4.61. The molecule has 0 fully saturated rings. The molecule has 168 valence electrons. The minimum absolute atomic E-state index is 0.182. The predicted octanol–water partition coefficient (Wildman–Crippen LogP) is 4.33. The van der Waals surface area contributed by atoms with Crippen LogP contribution in [0.5, 0.6) is 17.2 Å². The largest absolute Gasteiger partial charge is 0.496 e. The van der Waals surface area contributed by atoms with E-state index in [9.17, 15) is 9.18 Å². The van der Waals surface area contributed by atoms with E-state index in [4.69, 9.17) is 25.8 Å². The van der Waals surface area contributed by atoms with Gasteiger partial charge in [-0.1, -0.05) is 11.6 Å². The highest BCUT2D eigenvalue weighted by Gasteiger charge is 2.15. The number of benzene rings is 2. The van der Waals surface area contributed by atoms with Crippen molar-refractivity contribution in [2.24, 2.45) is 0 Å². The quantitative estimate of drug-likeness (QED) is 0.507. The molecule has 1 N–H and O–H groups in total. The highest BCUT2D eigenvalue weighted by Crippen LogP contribution is 2.34. The Balaban J connectivity index is 1.75. The van der Waals surface area contributed by atoms with E-state index >= 15 is 0 Å². The van der Waals surface area contributed by atoms with E-state index in [1.54, 1.807) is 44.4 Å². The Morgan fingerprint density at radius 2 is 1.75 bits per heavy atom. The van der Waals surface area contributed by atoms with Gasteiger partial charge in [-0.3, -0.25) is 4.79 Å². The predicted molar refractivity (Wildman–Crippen MR) is 120 cm³/mol. The van der Waals surface area contributed by atoms with Crippen molar-refractivity contribution >= 4 is 23.6 Å². The molecule has 3 aromatic rings. The minimum Gasteiger partial charge on any atom is -0.496 e. The maximum absolute atomic E-state index is 13.2. The molecule has 3 rings (SSSR count). The Morgan fingerprint density at radius 3 is 2.31 bits per heavy atom. The Hall–Kier alpha value is -3.52. The summed E-state index contributed by atoms with van der Waals surface area (Å²) in [5.74, 6) is 0.956. The first-order chi connectivity index (χ1) is 15.4. The molecule has 0 saturated carbocycles. The molecular formula is C23H23ClFN3O4. The van der Waals surface area contributed by atoms with Gasteiger partial charge in [-0.25, -0.2) is 9.07 Å². The van der Waals surface area contributed by atoms with Gasteiger partial charge < -0.3 is 19.5 Å². The fourth-order valence-corrected chi connectivity index (χ4v) is 3.43. The van der Waals surface area contributed by atoms with Crippen LogP contribution in [0.25, 0.3) is 11.8 Å². The molecule has 1 heterocycles. The van der Waals surface area contributed by atoms with Gasteiger partial charge in [0.05, 0.1) is 44.8 Å². The lowest BCUT2D eigenvalue weighted by Gasteiger charge is -2.15. The number of nitrogens with zero attached hydrogens (tertiary/aromatic N) is 2. The number of aryl methyl sites for hydroxylation is 1. The zero-order chi connectivity index (χ0) is 23.3. The second kappa shape index (κ2) is 10.2. The molecule has 2 aromatic carbocycles. The molecule has 0 saturated heterocycles. The van der Waals surface area contributed by atoms with Gasteiger partial charge in [0, 0.05) is 23.8 Å². The van der Waals surface area contributed by atoms with Gasteiger partial charge >= 0.3 is 0 Å². The van der Waals surface area contributed by atoms with Crippen molar-refractivity contribution in [2.75, 3.05) is 21.3 Å². The molecular weight excluding hydrogens is 437 g/mol. The van der Waals surface area contributed by atoms with Crippen LogP contribution >= 0.6 is 11.6 Å². The van der Waals surface area contributed by atoms with Crippen molar-refractivity contribution in [1.82, 2.24) is 15.1 Å². The summed E-state index contributed by atoms with van der Waals surface area (Å²) in [6.07, 6.45) is 2.95. The third-order valence-electron chi connectivity index (χ3n) is 4.78. The van der Waals surface area contributed by atoms with Crippen LogP contribution in [-0.4, -0.2) is 37.0 Å². The highest BCUT2D eigenvalue weighted by atomic mass is 35.5. The van der Waals surface area contributed by atoms with Crippen LogP contribution < -0.4 is 19.5 Å².